The van der Waals surface area contributed by atoms with Gasteiger partial charge >= 0.3 is 0 Å². The van der Waals surface area contributed by atoms with Crippen LogP contribution in [0.2, 0.25) is 18.6 Å². The van der Waals surface area contributed by atoms with E-state index in [9.17, 15) is 0 Å². The van der Waals surface area contributed by atoms with E-state index in [1.807, 2.05) is 0 Å². The number of hydrogen-bond donors (Lipinski definition) is 1. The monoisotopic (exact) mass is 290 g/mol. The van der Waals surface area contributed by atoms with Crippen LogP contribution in [0, 0.1) is 17.8 Å². The van der Waals surface area contributed by atoms with Crippen molar-refractivity contribution in [3.8, 4) is 0 Å². The molecule has 0 aromatic carbocycles. The zero-order valence-corrected chi connectivity index (χ0v) is 14.3. The van der Waals surface area contributed by atoms with Gasteiger partial charge in [0, 0.05) is 26.2 Å². The Kier molecular flexibility index (Phi) is 4.20. The van der Waals surface area contributed by atoms with Gasteiger partial charge < -0.3 is 9.88 Å². The molecule has 3 aliphatic rings. The van der Waals surface area contributed by atoms with E-state index in [4.69, 9.17) is 0 Å². The standard InChI is InChI=1S/C17H30N2Si/c1-4-14-13-17(16-8-6-5-7-15(14)16)20(2,3)19-11-9-18-10-12-19/h5-8,14-18H,4,9-13H2,1-3H3. The van der Waals surface area contributed by atoms with Crippen molar-refractivity contribution in [1.29, 1.82) is 0 Å². The highest BCUT2D eigenvalue weighted by atomic mass is 28.3. The Balaban J connectivity index is 1.81. The summed E-state index contributed by atoms with van der Waals surface area (Å²) in [5, 5.41) is 3.51. The van der Waals surface area contributed by atoms with Gasteiger partial charge in [-0.2, -0.15) is 0 Å². The van der Waals surface area contributed by atoms with Crippen molar-refractivity contribution in [3.05, 3.63) is 24.3 Å². The van der Waals surface area contributed by atoms with Crippen LogP contribution < -0.4 is 5.32 Å². The molecule has 3 heteroatoms. The van der Waals surface area contributed by atoms with Crippen molar-refractivity contribution in [2.24, 2.45) is 17.8 Å². The van der Waals surface area contributed by atoms with Crippen molar-refractivity contribution in [2.45, 2.75) is 38.4 Å². The van der Waals surface area contributed by atoms with Gasteiger partial charge in [-0.3, -0.25) is 0 Å². The summed E-state index contributed by atoms with van der Waals surface area (Å²) in [5.74, 6) is 2.56. The second kappa shape index (κ2) is 5.78. The van der Waals surface area contributed by atoms with E-state index in [0.29, 0.717) is 0 Å². The zero-order chi connectivity index (χ0) is 14.2. The molecule has 4 atom stereocenters. The molecule has 1 heterocycles. The first-order valence-corrected chi connectivity index (χ1v) is 11.5. The molecule has 1 aliphatic heterocycles. The number of fused-ring (bicyclic) bond motifs is 1. The van der Waals surface area contributed by atoms with E-state index in [1.54, 1.807) is 0 Å². The molecule has 0 aromatic heterocycles. The maximum absolute atomic E-state index is 3.51. The fourth-order valence-electron chi connectivity index (χ4n) is 4.83. The van der Waals surface area contributed by atoms with Gasteiger partial charge in [-0.15, -0.1) is 0 Å². The minimum atomic E-state index is -1.33. The van der Waals surface area contributed by atoms with Gasteiger partial charge in [-0.05, 0) is 29.7 Å². The Bertz CT molecular complexity index is 396. The predicted octanol–water partition coefficient (Wildman–Crippen LogP) is 3.26. The van der Waals surface area contributed by atoms with Crippen molar-refractivity contribution in [1.82, 2.24) is 9.88 Å². The van der Waals surface area contributed by atoms with Gasteiger partial charge in [0.25, 0.3) is 0 Å². The molecule has 2 fully saturated rings. The molecule has 1 N–H and O–H groups in total. The lowest BCUT2D eigenvalue weighted by Crippen LogP contribution is -2.59. The van der Waals surface area contributed by atoms with Crippen LogP contribution in [0.15, 0.2) is 24.3 Å². The van der Waals surface area contributed by atoms with Gasteiger partial charge in [0.15, 0.2) is 0 Å². The lowest BCUT2D eigenvalue weighted by Gasteiger charge is -2.45. The molecule has 0 aromatic rings. The number of hydrogen-bond acceptors (Lipinski definition) is 2. The number of piperazine rings is 1. The van der Waals surface area contributed by atoms with Gasteiger partial charge in [0.2, 0.25) is 0 Å². The average Bonchev–Trinajstić information content (AvgIpc) is 2.88. The molecule has 0 spiro atoms. The van der Waals surface area contributed by atoms with E-state index in [1.165, 1.54) is 39.0 Å². The van der Waals surface area contributed by atoms with Crippen molar-refractivity contribution in [2.75, 3.05) is 26.2 Å². The number of rotatable bonds is 3. The summed E-state index contributed by atoms with van der Waals surface area (Å²) >= 11 is 0. The summed E-state index contributed by atoms with van der Waals surface area (Å²) in [6.45, 7) is 12.5. The molecule has 20 heavy (non-hydrogen) atoms. The van der Waals surface area contributed by atoms with Crippen LogP contribution in [0.1, 0.15) is 19.8 Å². The van der Waals surface area contributed by atoms with Crippen LogP contribution in [-0.4, -0.2) is 39.0 Å². The highest BCUT2D eigenvalue weighted by molar-refractivity contribution is 6.76. The van der Waals surface area contributed by atoms with E-state index < -0.39 is 8.24 Å². The number of nitrogens with zero attached hydrogens (tertiary/aromatic N) is 1. The molecule has 2 nitrogen and oxygen atoms in total. The zero-order valence-electron chi connectivity index (χ0n) is 13.3. The largest absolute Gasteiger partial charge is 0.321 e. The van der Waals surface area contributed by atoms with Crippen molar-refractivity contribution >= 4 is 8.24 Å². The van der Waals surface area contributed by atoms with Crippen LogP contribution in [0.4, 0.5) is 0 Å². The molecule has 1 saturated carbocycles. The normalized spacial score (nSPS) is 38.1. The summed E-state index contributed by atoms with van der Waals surface area (Å²) in [5.41, 5.74) is 0.941. The van der Waals surface area contributed by atoms with Crippen LogP contribution >= 0.6 is 0 Å². The molecule has 0 bridgehead atoms. The molecule has 3 rings (SSSR count). The average molecular weight is 291 g/mol. The molecular formula is C17H30N2Si. The van der Waals surface area contributed by atoms with Gasteiger partial charge in [-0.1, -0.05) is 50.7 Å². The third-order valence-corrected chi connectivity index (χ3v) is 10.7. The smallest absolute Gasteiger partial charge is 0.126 e. The highest BCUT2D eigenvalue weighted by Crippen LogP contribution is 2.53. The van der Waals surface area contributed by atoms with E-state index in [2.05, 4.69) is 54.2 Å². The second-order valence-corrected chi connectivity index (χ2v) is 12.0. The number of allylic oxidation sites excluding steroid dienone is 4. The molecule has 4 unspecified atom stereocenters. The first-order valence-electron chi connectivity index (χ1n) is 8.45. The minimum absolute atomic E-state index is 0.821. The van der Waals surface area contributed by atoms with Crippen molar-refractivity contribution < 1.29 is 0 Å². The maximum Gasteiger partial charge on any atom is 0.126 e. The predicted molar refractivity (Wildman–Crippen MR) is 89.3 cm³/mol. The van der Waals surface area contributed by atoms with Crippen LogP contribution in [0.25, 0.3) is 0 Å². The van der Waals surface area contributed by atoms with Crippen LogP contribution in [0.3, 0.4) is 0 Å². The van der Waals surface area contributed by atoms with Gasteiger partial charge in [-0.25, -0.2) is 0 Å². The molecule has 2 aliphatic carbocycles. The highest BCUT2D eigenvalue weighted by Gasteiger charge is 2.50. The number of nitrogens with one attached hydrogen (secondary N) is 1. The first kappa shape index (κ1) is 14.5. The fourth-order valence-corrected chi connectivity index (χ4v) is 8.83. The SMILES string of the molecule is CCC1CC([Si](C)(C)N2CCNCC2)C2C=CC=CC12. The Hall–Kier alpha value is -0.383. The Morgan fingerprint density at radius 3 is 2.40 bits per heavy atom. The summed E-state index contributed by atoms with van der Waals surface area (Å²) in [6, 6.07) is 0. The first-order chi connectivity index (χ1) is 9.64. The van der Waals surface area contributed by atoms with E-state index in [-0.39, 0.29) is 0 Å². The second-order valence-electron chi connectivity index (χ2n) is 7.33. The molecule has 0 radical (unpaired) electrons. The Morgan fingerprint density at radius 2 is 1.75 bits per heavy atom. The Labute approximate surface area is 125 Å². The maximum atomic E-state index is 3.51. The quantitative estimate of drug-likeness (QED) is 0.803. The summed E-state index contributed by atoms with van der Waals surface area (Å²) in [6.07, 6.45) is 12.4. The molecule has 0 amide bonds. The lowest BCUT2D eigenvalue weighted by molar-refractivity contribution is 0.346. The topological polar surface area (TPSA) is 15.3 Å². The van der Waals surface area contributed by atoms with Crippen LogP contribution in [-0.2, 0) is 0 Å². The van der Waals surface area contributed by atoms with Crippen molar-refractivity contribution in [3.63, 3.8) is 0 Å². The lowest BCUT2D eigenvalue weighted by atomic mass is 9.85. The summed E-state index contributed by atoms with van der Waals surface area (Å²) < 4.78 is 2.87. The third kappa shape index (κ3) is 2.44. The van der Waals surface area contributed by atoms with Gasteiger partial charge in [0.05, 0.1) is 0 Å². The third-order valence-electron chi connectivity index (χ3n) is 6.15. The summed E-state index contributed by atoms with van der Waals surface area (Å²) in [4.78, 5) is 0. The van der Waals surface area contributed by atoms with Crippen LogP contribution in [0.5, 0.6) is 0 Å². The summed E-state index contributed by atoms with van der Waals surface area (Å²) in [7, 11) is -1.33. The minimum Gasteiger partial charge on any atom is -0.321 e. The molecule has 112 valence electrons. The Morgan fingerprint density at radius 1 is 1.10 bits per heavy atom. The molecular weight excluding hydrogens is 260 g/mol. The van der Waals surface area contributed by atoms with Gasteiger partial charge in [0.1, 0.15) is 8.24 Å². The fraction of sp³-hybridized carbons (Fsp3) is 0.765. The molecule has 1 saturated heterocycles. The van der Waals surface area contributed by atoms with E-state index >= 15 is 0 Å². The van der Waals surface area contributed by atoms with E-state index in [0.717, 1.165) is 23.3 Å².